The Kier molecular flexibility index (Phi) is 6.42. The Morgan fingerprint density at radius 2 is 1.78 bits per heavy atom. The topological polar surface area (TPSA) is 56.2 Å². The van der Waals surface area contributed by atoms with E-state index in [-0.39, 0.29) is 0 Å². The van der Waals surface area contributed by atoms with Crippen LogP contribution in [0, 0.1) is 0 Å². The lowest BCUT2D eigenvalue weighted by Gasteiger charge is -2.37. The van der Waals surface area contributed by atoms with E-state index in [1.165, 1.54) is 4.90 Å². The molecule has 1 amide bonds. The SMILES string of the molecule is COc1ccccc1N(CCN1CCN(c2ccccc2Cl)CC1)C(=O)O. The summed E-state index contributed by atoms with van der Waals surface area (Å²) in [6.07, 6.45) is -0.978. The van der Waals surface area contributed by atoms with Crippen molar-refractivity contribution in [2.75, 3.05) is 56.2 Å². The van der Waals surface area contributed by atoms with Crippen LogP contribution in [0.4, 0.5) is 16.2 Å². The van der Waals surface area contributed by atoms with Gasteiger partial charge in [-0.2, -0.15) is 0 Å². The van der Waals surface area contributed by atoms with Gasteiger partial charge in [0.15, 0.2) is 0 Å². The van der Waals surface area contributed by atoms with Gasteiger partial charge in [-0.15, -0.1) is 0 Å². The van der Waals surface area contributed by atoms with Crippen molar-refractivity contribution in [3.8, 4) is 5.75 Å². The van der Waals surface area contributed by atoms with Gasteiger partial charge in [0.1, 0.15) is 5.75 Å². The highest BCUT2D eigenvalue weighted by atomic mass is 35.5. The summed E-state index contributed by atoms with van der Waals surface area (Å²) in [6, 6.07) is 15.0. The molecule has 2 aromatic carbocycles. The van der Waals surface area contributed by atoms with Crippen LogP contribution < -0.4 is 14.5 Å². The number of hydrogen-bond acceptors (Lipinski definition) is 4. The first-order chi connectivity index (χ1) is 13.1. The number of hydrogen-bond donors (Lipinski definition) is 1. The molecule has 6 nitrogen and oxygen atoms in total. The van der Waals surface area contributed by atoms with Crippen LogP contribution in [0.3, 0.4) is 0 Å². The summed E-state index contributed by atoms with van der Waals surface area (Å²) >= 11 is 6.29. The van der Waals surface area contributed by atoms with Crippen LogP contribution in [0.2, 0.25) is 5.02 Å². The number of anilines is 2. The van der Waals surface area contributed by atoms with E-state index in [1.54, 1.807) is 19.2 Å². The molecule has 0 bridgehead atoms. The van der Waals surface area contributed by atoms with Crippen LogP contribution in [0.1, 0.15) is 0 Å². The molecule has 144 valence electrons. The fraction of sp³-hybridized carbons (Fsp3) is 0.350. The Balaban J connectivity index is 1.58. The molecule has 1 heterocycles. The van der Waals surface area contributed by atoms with Gasteiger partial charge in [-0.25, -0.2) is 4.79 Å². The first-order valence-corrected chi connectivity index (χ1v) is 9.33. The molecule has 1 aliphatic heterocycles. The molecule has 0 saturated carbocycles. The van der Waals surface area contributed by atoms with E-state index in [0.717, 1.165) is 36.9 Å². The van der Waals surface area contributed by atoms with Gasteiger partial charge in [0, 0.05) is 39.3 Å². The molecule has 1 saturated heterocycles. The first-order valence-electron chi connectivity index (χ1n) is 8.95. The predicted octanol–water partition coefficient (Wildman–Crippen LogP) is 3.66. The molecule has 2 aromatic rings. The molecule has 0 radical (unpaired) electrons. The van der Waals surface area contributed by atoms with Crippen LogP contribution in [0.25, 0.3) is 0 Å². The van der Waals surface area contributed by atoms with Crippen molar-refractivity contribution in [3.63, 3.8) is 0 Å². The van der Waals surface area contributed by atoms with Gasteiger partial charge < -0.3 is 14.7 Å². The van der Waals surface area contributed by atoms with Gasteiger partial charge in [0.05, 0.1) is 23.5 Å². The summed E-state index contributed by atoms with van der Waals surface area (Å²) in [6.45, 7) is 4.52. The Hall–Kier alpha value is -2.44. The maximum Gasteiger partial charge on any atom is 0.411 e. The van der Waals surface area contributed by atoms with Gasteiger partial charge >= 0.3 is 6.09 Å². The number of piperazine rings is 1. The summed E-state index contributed by atoms with van der Waals surface area (Å²) < 4.78 is 5.30. The number of para-hydroxylation sites is 3. The lowest BCUT2D eigenvalue weighted by atomic mass is 10.2. The Labute approximate surface area is 164 Å². The Morgan fingerprint density at radius 1 is 1.11 bits per heavy atom. The number of ether oxygens (including phenoxy) is 1. The van der Waals surface area contributed by atoms with Crippen LogP contribution in [0.15, 0.2) is 48.5 Å². The number of carboxylic acid groups (broad SMARTS) is 1. The maximum atomic E-state index is 11.7. The zero-order valence-electron chi connectivity index (χ0n) is 15.3. The normalized spacial score (nSPS) is 14.8. The molecular formula is C20H24ClN3O3. The van der Waals surface area contributed by atoms with E-state index in [0.29, 0.717) is 24.5 Å². The molecule has 0 unspecified atom stereocenters. The van der Waals surface area contributed by atoms with Crippen molar-refractivity contribution in [2.45, 2.75) is 0 Å². The highest BCUT2D eigenvalue weighted by Crippen LogP contribution is 2.28. The molecule has 7 heteroatoms. The monoisotopic (exact) mass is 389 g/mol. The second-order valence-electron chi connectivity index (χ2n) is 6.39. The summed E-state index contributed by atoms with van der Waals surface area (Å²) in [5.41, 5.74) is 1.63. The van der Waals surface area contributed by atoms with Crippen LogP contribution in [-0.2, 0) is 0 Å². The van der Waals surface area contributed by atoms with E-state index < -0.39 is 6.09 Å². The molecule has 1 fully saturated rings. The van der Waals surface area contributed by atoms with E-state index in [4.69, 9.17) is 16.3 Å². The fourth-order valence-corrected chi connectivity index (χ4v) is 3.59. The lowest BCUT2D eigenvalue weighted by Crippen LogP contribution is -2.49. The van der Waals surface area contributed by atoms with Crippen molar-refractivity contribution < 1.29 is 14.6 Å². The van der Waals surface area contributed by atoms with E-state index >= 15 is 0 Å². The molecule has 1 N–H and O–H groups in total. The average Bonchev–Trinajstić information content (AvgIpc) is 2.69. The average molecular weight is 390 g/mol. The van der Waals surface area contributed by atoms with Gasteiger partial charge in [-0.05, 0) is 24.3 Å². The number of benzene rings is 2. The maximum absolute atomic E-state index is 11.7. The van der Waals surface area contributed by atoms with Gasteiger partial charge in [-0.3, -0.25) is 9.80 Å². The lowest BCUT2D eigenvalue weighted by molar-refractivity contribution is 0.198. The smallest absolute Gasteiger partial charge is 0.411 e. The van der Waals surface area contributed by atoms with Gasteiger partial charge in [-0.1, -0.05) is 35.9 Å². The highest BCUT2D eigenvalue weighted by Gasteiger charge is 2.22. The van der Waals surface area contributed by atoms with Gasteiger partial charge in [0.25, 0.3) is 0 Å². The minimum absolute atomic E-state index is 0.391. The Bertz CT molecular complexity index is 779. The van der Waals surface area contributed by atoms with E-state index in [2.05, 4.69) is 9.80 Å². The summed E-state index contributed by atoms with van der Waals surface area (Å²) in [5, 5.41) is 10.4. The number of methoxy groups -OCH3 is 1. The van der Waals surface area contributed by atoms with Crippen LogP contribution in [-0.4, -0.2) is 62.5 Å². The van der Waals surface area contributed by atoms with E-state index in [9.17, 15) is 9.90 Å². The van der Waals surface area contributed by atoms with Crippen LogP contribution in [0.5, 0.6) is 5.75 Å². The van der Waals surface area contributed by atoms with Crippen molar-refractivity contribution in [3.05, 3.63) is 53.6 Å². The molecule has 0 aliphatic carbocycles. The second-order valence-corrected chi connectivity index (χ2v) is 6.79. The molecule has 27 heavy (non-hydrogen) atoms. The second kappa shape index (κ2) is 8.97. The highest BCUT2D eigenvalue weighted by molar-refractivity contribution is 6.33. The van der Waals surface area contributed by atoms with Crippen molar-refractivity contribution in [1.29, 1.82) is 0 Å². The quantitative estimate of drug-likeness (QED) is 0.817. The molecular weight excluding hydrogens is 366 g/mol. The zero-order valence-corrected chi connectivity index (χ0v) is 16.1. The third-order valence-corrected chi connectivity index (χ3v) is 5.13. The number of carbonyl (C=O) groups is 1. The third-order valence-electron chi connectivity index (χ3n) is 4.81. The zero-order chi connectivity index (χ0) is 19.2. The Morgan fingerprint density at radius 3 is 2.44 bits per heavy atom. The molecule has 1 aliphatic rings. The third kappa shape index (κ3) is 4.64. The molecule has 0 aromatic heterocycles. The molecule has 0 spiro atoms. The number of nitrogens with zero attached hydrogens (tertiary/aromatic N) is 3. The largest absolute Gasteiger partial charge is 0.495 e. The minimum atomic E-state index is -0.978. The summed E-state index contributed by atoms with van der Waals surface area (Å²) in [4.78, 5) is 17.6. The van der Waals surface area contributed by atoms with Crippen molar-refractivity contribution >= 4 is 29.1 Å². The minimum Gasteiger partial charge on any atom is -0.495 e. The van der Waals surface area contributed by atoms with Crippen molar-refractivity contribution in [1.82, 2.24) is 4.90 Å². The fourth-order valence-electron chi connectivity index (χ4n) is 3.33. The number of amides is 1. The summed E-state index contributed by atoms with van der Waals surface area (Å²) in [5.74, 6) is 0.559. The summed E-state index contributed by atoms with van der Waals surface area (Å²) in [7, 11) is 1.55. The predicted molar refractivity (Wildman–Crippen MR) is 108 cm³/mol. The molecule has 0 atom stereocenters. The first kappa shape index (κ1) is 19.3. The van der Waals surface area contributed by atoms with Crippen LogP contribution >= 0.6 is 11.6 Å². The van der Waals surface area contributed by atoms with Gasteiger partial charge in [0.2, 0.25) is 0 Å². The number of halogens is 1. The standard InChI is InChI=1S/C20H24ClN3O3/c1-27-19-9-5-4-8-18(19)24(20(25)26)15-12-22-10-13-23(14-11-22)17-7-3-2-6-16(17)21/h2-9H,10-15H2,1H3,(H,25,26). The molecule has 3 rings (SSSR count). The van der Waals surface area contributed by atoms with E-state index in [1.807, 2.05) is 36.4 Å². The van der Waals surface area contributed by atoms with Crippen molar-refractivity contribution in [2.24, 2.45) is 0 Å². The number of rotatable bonds is 6.